The first-order chi connectivity index (χ1) is 7.15. The average Bonchev–Trinajstić information content (AvgIpc) is 2.29. The van der Waals surface area contributed by atoms with Gasteiger partial charge in [-0.1, -0.05) is 11.6 Å². The molecule has 5 nitrogen and oxygen atoms in total. The predicted molar refractivity (Wildman–Crippen MR) is 56.9 cm³/mol. The van der Waals surface area contributed by atoms with Crippen molar-refractivity contribution in [1.29, 1.82) is 0 Å². The fourth-order valence-electron chi connectivity index (χ4n) is 0.990. The van der Waals surface area contributed by atoms with Gasteiger partial charge < -0.3 is 20.6 Å². The lowest BCUT2D eigenvalue weighted by atomic mass is 10.0. The Kier molecular flexibility index (Phi) is 4.28. The monoisotopic (exact) mass is 232 g/mol. The molecule has 0 aliphatic carbocycles. The van der Waals surface area contributed by atoms with Gasteiger partial charge in [0.05, 0.1) is 24.8 Å². The summed E-state index contributed by atoms with van der Waals surface area (Å²) in [6.45, 7) is -1.20. The number of aromatic nitrogens is 1. The molecule has 0 amide bonds. The van der Waals surface area contributed by atoms with Gasteiger partial charge in [0.25, 0.3) is 0 Å². The summed E-state index contributed by atoms with van der Waals surface area (Å²) < 4.78 is 0. The third-order valence-corrected chi connectivity index (χ3v) is 2.25. The molecule has 6 heteroatoms. The second-order valence-corrected chi connectivity index (χ2v) is 3.68. The molecule has 1 aromatic heterocycles. The normalized spacial score (nSPS) is 11.5. The number of anilines is 1. The molecule has 0 aliphatic rings. The summed E-state index contributed by atoms with van der Waals surface area (Å²) in [7, 11) is 0. The highest BCUT2D eigenvalue weighted by Gasteiger charge is 2.27. The molecule has 84 valence electrons. The highest BCUT2D eigenvalue weighted by molar-refractivity contribution is 6.30. The van der Waals surface area contributed by atoms with E-state index in [0.29, 0.717) is 10.8 Å². The third-order valence-electron chi connectivity index (χ3n) is 2.03. The topological polar surface area (TPSA) is 85.6 Å². The fourth-order valence-corrected chi connectivity index (χ4v) is 1.10. The van der Waals surface area contributed by atoms with E-state index in [2.05, 4.69) is 10.3 Å². The summed E-state index contributed by atoms with van der Waals surface area (Å²) >= 11 is 5.65. The number of halogens is 1. The number of hydrogen-bond acceptors (Lipinski definition) is 5. The Morgan fingerprint density at radius 2 is 1.80 bits per heavy atom. The molecular weight excluding hydrogens is 220 g/mol. The Morgan fingerprint density at radius 1 is 1.20 bits per heavy atom. The Morgan fingerprint density at radius 3 is 2.20 bits per heavy atom. The number of hydrogen-bond donors (Lipinski definition) is 4. The first-order valence-electron chi connectivity index (χ1n) is 4.38. The summed E-state index contributed by atoms with van der Waals surface area (Å²) in [5, 5.41) is 30.4. The van der Waals surface area contributed by atoms with Crippen LogP contribution in [0.4, 0.5) is 5.82 Å². The molecule has 0 fully saturated rings. The smallest absolute Gasteiger partial charge is 0.126 e. The molecule has 0 bridgehead atoms. The van der Waals surface area contributed by atoms with Crippen LogP contribution in [0.1, 0.15) is 0 Å². The number of rotatable bonds is 5. The summed E-state index contributed by atoms with van der Waals surface area (Å²) in [6.07, 6.45) is 1.43. The van der Waals surface area contributed by atoms with Gasteiger partial charge in [0.15, 0.2) is 0 Å². The van der Waals surface area contributed by atoms with Crippen LogP contribution in [-0.2, 0) is 0 Å². The highest BCUT2D eigenvalue weighted by atomic mass is 35.5. The highest BCUT2D eigenvalue weighted by Crippen LogP contribution is 2.14. The van der Waals surface area contributed by atoms with Crippen LogP contribution in [0, 0.1) is 0 Å². The molecule has 0 unspecified atom stereocenters. The SMILES string of the molecule is OCC(CO)(CO)Nc1ccc(Cl)cn1. The summed E-state index contributed by atoms with van der Waals surface area (Å²) in [6, 6.07) is 3.21. The van der Waals surface area contributed by atoms with E-state index in [1.54, 1.807) is 12.1 Å². The third kappa shape index (κ3) is 3.04. The Hall–Kier alpha value is -0.880. The molecule has 0 atom stereocenters. The van der Waals surface area contributed by atoms with Crippen molar-refractivity contribution in [1.82, 2.24) is 4.98 Å². The fraction of sp³-hybridized carbons (Fsp3) is 0.444. The van der Waals surface area contributed by atoms with Gasteiger partial charge in [-0.05, 0) is 12.1 Å². The van der Waals surface area contributed by atoms with Crippen molar-refractivity contribution >= 4 is 17.4 Å². The van der Waals surface area contributed by atoms with Crippen LogP contribution in [0.25, 0.3) is 0 Å². The van der Waals surface area contributed by atoms with E-state index >= 15 is 0 Å². The molecular formula is C9H13ClN2O3. The standard InChI is InChI=1S/C9H13ClN2O3/c10-7-1-2-8(11-3-7)12-9(4-13,5-14)6-15/h1-3,13-15H,4-6H2,(H,11,12). The molecule has 0 aromatic carbocycles. The van der Waals surface area contributed by atoms with Crippen LogP contribution in [0.5, 0.6) is 0 Å². The van der Waals surface area contributed by atoms with Crippen molar-refractivity contribution in [3.8, 4) is 0 Å². The second-order valence-electron chi connectivity index (χ2n) is 3.24. The summed E-state index contributed by atoms with van der Waals surface area (Å²) in [5.41, 5.74) is -1.17. The number of pyridine rings is 1. The number of aliphatic hydroxyl groups is 3. The average molecular weight is 233 g/mol. The maximum atomic E-state index is 9.06. The molecule has 0 saturated carbocycles. The van der Waals surface area contributed by atoms with Crippen molar-refractivity contribution < 1.29 is 15.3 Å². The molecule has 1 aromatic rings. The molecule has 1 heterocycles. The van der Waals surface area contributed by atoms with Gasteiger partial charge in [-0.2, -0.15) is 0 Å². The van der Waals surface area contributed by atoms with E-state index in [0.717, 1.165) is 0 Å². The minimum atomic E-state index is -1.17. The van der Waals surface area contributed by atoms with Crippen LogP contribution in [0.2, 0.25) is 5.02 Å². The van der Waals surface area contributed by atoms with Crippen molar-refractivity contribution in [2.24, 2.45) is 0 Å². The number of aliphatic hydroxyl groups excluding tert-OH is 3. The van der Waals surface area contributed by atoms with E-state index in [1.807, 2.05) is 0 Å². The van der Waals surface area contributed by atoms with Crippen LogP contribution in [0.15, 0.2) is 18.3 Å². The van der Waals surface area contributed by atoms with E-state index in [1.165, 1.54) is 6.20 Å². The van der Waals surface area contributed by atoms with Gasteiger partial charge in [0.1, 0.15) is 11.4 Å². The van der Waals surface area contributed by atoms with Crippen molar-refractivity contribution in [2.75, 3.05) is 25.1 Å². The van der Waals surface area contributed by atoms with E-state index in [9.17, 15) is 0 Å². The molecule has 4 N–H and O–H groups in total. The van der Waals surface area contributed by atoms with Gasteiger partial charge in [-0.15, -0.1) is 0 Å². The summed E-state index contributed by atoms with van der Waals surface area (Å²) in [4.78, 5) is 3.93. The first-order valence-corrected chi connectivity index (χ1v) is 4.76. The maximum absolute atomic E-state index is 9.06. The van der Waals surface area contributed by atoms with Crippen molar-refractivity contribution in [2.45, 2.75) is 5.54 Å². The Balaban J connectivity index is 2.78. The van der Waals surface area contributed by atoms with Gasteiger partial charge in [-0.25, -0.2) is 4.98 Å². The van der Waals surface area contributed by atoms with Crippen molar-refractivity contribution in [3.63, 3.8) is 0 Å². The van der Waals surface area contributed by atoms with Gasteiger partial charge >= 0.3 is 0 Å². The van der Waals surface area contributed by atoms with Gasteiger partial charge in [0, 0.05) is 6.20 Å². The lowest BCUT2D eigenvalue weighted by molar-refractivity contribution is 0.0831. The molecule has 1 rings (SSSR count). The summed E-state index contributed by atoms with van der Waals surface area (Å²) in [5.74, 6) is 0.427. The zero-order valence-corrected chi connectivity index (χ0v) is 8.78. The molecule has 0 aliphatic heterocycles. The van der Waals surface area contributed by atoms with Gasteiger partial charge in [0.2, 0.25) is 0 Å². The Labute approximate surface area is 92.3 Å². The van der Waals surface area contributed by atoms with Crippen molar-refractivity contribution in [3.05, 3.63) is 23.4 Å². The second kappa shape index (κ2) is 5.27. The quantitative estimate of drug-likeness (QED) is 0.568. The first kappa shape index (κ1) is 12.2. The number of nitrogens with zero attached hydrogens (tertiary/aromatic N) is 1. The molecule has 15 heavy (non-hydrogen) atoms. The van der Waals surface area contributed by atoms with Gasteiger partial charge in [-0.3, -0.25) is 0 Å². The largest absolute Gasteiger partial charge is 0.394 e. The van der Waals surface area contributed by atoms with E-state index in [-0.39, 0.29) is 0 Å². The van der Waals surface area contributed by atoms with Crippen LogP contribution in [0.3, 0.4) is 0 Å². The molecule has 0 saturated heterocycles. The lowest BCUT2D eigenvalue weighted by Gasteiger charge is -2.29. The molecule has 0 radical (unpaired) electrons. The van der Waals surface area contributed by atoms with Crippen LogP contribution >= 0.6 is 11.6 Å². The maximum Gasteiger partial charge on any atom is 0.126 e. The zero-order chi connectivity index (χ0) is 11.3. The zero-order valence-electron chi connectivity index (χ0n) is 8.02. The van der Waals surface area contributed by atoms with Crippen LogP contribution < -0.4 is 5.32 Å². The minimum Gasteiger partial charge on any atom is -0.394 e. The van der Waals surface area contributed by atoms with Crippen LogP contribution in [-0.4, -0.2) is 45.7 Å². The predicted octanol–water partition coefficient (Wildman–Crippen LogP) is -0.137. The Bertz CT molecular complexity index is 292. The minimum absolute atomic E-state index is 0.399. The molecule has 0 spiro atoms. The number of nitrogens with one attached hydrogen (secondary N) is 1. The lowest BCUT2D eigenvalue weighted by Crippen LogP contribution is -2.49. The van der Waals surface area contributed by atoms with E-state index < -0.39 is 25.4 Å². The van der Waals surface area contributed by atoms with E-state index in [4.69, 9.17) is 26.9 Å².